The molecule has 0 aromatic heterocycles. The molecular formula is C13H21NS2. The van der Waals surface area contributed by atoms with Crippen LogP contribution in [0, 0.1) is 17.8 Å². The number of hydrogen-bond acceptors (Lipinski definition) is 3. The Morgan fingerprint density at radius 1 is 1.31 bits per heavy atom. The van der Waals surface area contributed by atoms with E-state index in [-0.39, 0.29) is 0 Å². The van der Waals surface area contributed by atoms with E-state index in [0.29, 0.717) is 0 Å². The Labute approximate surface area is 108 Å². The van der Waals surface area contributed by atoms with E-state index >= 15 is 0 Å². The minimum absolute atomic E-state index is 0.726. The molecule has 0 amide bonds. The van der Waals surface area contributed by atoms with Gasteiger partial charge >= 0.3 is 0 Å². The molecule has 2 saturated heterocycles. The number of thioether (sulfide) groups is 2. The van der Waals surface area contributed by atoms with Crippen LogP contribution in [0.4, 0.5) is 0 Å². The predicted octanol–water partition coefficient (Wildman–Crippen LogP) is 2.96. The molecule has 90 valence electrons. The monoisotopic (exact) mass is 255 g/mol. The lowest BCUT2D eigenvalue weighted by Gasteiger charge is -2.32. The van der Waals surface area contributed by atoms with Gasteiger partial charge < -0.3 is 5.32 Å². The Morgan fingerprint density at radius 2 is 2.12 bits per heavy atom. The van der Waals surface area contributed by atoms with E-state index in [1.54, 1.807) is 0 Å². The molecule has 2 aliphatic rings. The van der Waals surface area contributed by atoms with Crippen LogP contribution >= 0.6 is 23.5 Å². The van der Waals surface area contributed by atoms with Crippen LogP contribution in [0.25, 0.3) is 0 Å². The molecule has 3 heteroatoms. The molecule has 0 aromatic rings. The van der Waals surface area contributed by atoms with Crippen LogP contribution in [0.5, 0.6) is 0 Å². The minimum atomic E-state index is 0.726. The van der Waals surface area contributed by atoms with E-state index in [0.717, 1.165) is 23.0 Å². The molecule has 1 nitrogen and oxygen atoms in total. The van der Waals surface area contributed by atoms with Crippen LogP contribution < -0.4 is 5.32 Å². The molecule has 2 rings (SSSR count). The maximum absolute atomic E-state index is 3.67. The van der Waals surface area contributed by atoms with E-state index in [9.17, 15) is 0 Å². The van der Waals surface area contributed by atoms with Crippen LogP contribution in [-0.4, -0.2) is 28.7 Å². The van der Waals surface area contributed by atoms with Crippen molar-refractivity contribution in [2.45, 2.75) is 43.2 Å². The molecule has 1 N–H and O–H groups in total. The van der Waals surface area contributed by atoms with Gasteiger partial charge in [-0.25, -0.2) is 0 Å². The van der Waals surface area contributed by atoms with Crippen LogP contribution in [-0.2, 0) is 0 Å². The summed E-state index contributed by atoms with van der Waals surface area (Å²) in [6, 6.07) is 0.726. The summed E-state index contributed by atoms with van der Waals surface area (Å²) < 4.78 is 0.783. The van der Waals surface area contributed by atoms with E-state index < -0.39 is 0 Å². The van der Waals surface area contributed by atoms with Crippen molar-refractivity contribution in [3.05, 3.63) is 0 Å². The van der Waals surface area contributed by atoms with Gasteiger partial charge in [-0.15, -0.1) is 35.4 Å². The van der Waals surface area contributed by atoms with Crippen molar-refractivity contribution in [2.75, 3.05) is 18.1 Å². The van der Waals surface area contributed by atoms with Crippen molar-refractivity contribution in [2.24, 2.45) is 5.92 Å². The van der Waals surface area contributed by atoms with Gasteiger partial charge in [0.25, 0.3) is 0 Å². The molecule has 2 unspecified atom stereocenters. The van der Waals surface area contributed by atoms with Gasteiger partial charge in [-0.1, -0.05) is 0 Å². The normalized spacial score (nSPS) is 28.4. The second-order valence-corrected chi connectivity index (χ2v) is 7.26. The first kappa shape index (κ1) is 12.7. The molecule has 2 fully saturated rings. The highest BCUT2D eigenvalue weighted by Gasteiger charge is 2.32. The van der Waals surface area contributed by atoms with Gasteiger partial charge in [-0.3, -0.25) is 0 Å². The van der Waals surface area contributed by atoms with E-state index in [4.69, 9.17) is 0 Å². The molecule has 0 saturated carbocycles. The molecule has 0 radical (unpaired) electrons. The van der Waals surface area contributed by atoms with E-state index in [2.05, 4.69) is 40.7 Å². The molecule has 0 aromatic carbocycles. The Balaban J connectivity index is 1.95. The topological polar surface area (TPSA) is 12.0 Å². The van der Waals surface area contributed by atoms with Crippen molar-refractivity contribution in [3.63, 3.8) is 0 Å². The Bertz CT molecular complexity index is 257. The number of rotatable bonds is 3. The zero-order valence-electron chi connectivity index (χ0n) is 10.00. The third-order valence-corrected chi connectivity index (χ3v) is 6.55. The van der Waals surface area contributed by atoms with Gasteiger partial charge in [0.2, 0.25) is 0 Å². The maximum atomic E-state index is 3.67. The fourth-order valence-electron chi connectivity index (χ4n) is 2.48. The summed E-state index contributed by atoms with van der Waals surface area (Å²) >= 11 is 4.33. The van der Waals surface area contributed by atoms with Crippen molar-refractivity contribution >= 4 is 23.5 Å². The third kappa shape index (κ3) is 3.35. The van der Waals surface area contributed by atoms with Crippen molar-refractivity contribution < 1.29 is 0 Å². The summed E-state index contributed by atoms with van der Waals surface area (Å²) in [6.45, 7) is 3.17. The zero-order chi connectivity index (χ0) is 11.2. The zero-order valence-corrected chi connectivity index (χ0v) is 11.6. The SMILES string of the molecule is CC#CCC(C1CCCN1)C1SCCCS1. The highest BCUT2D eigenvalue weighted by Crippen LogP contribution is 2.40. The lowest BCUT2D eigenvalue weighted by atomic mass is 9.97. The van der Waals surface area contributed by atoms with E-state index in [1.807, 2.05) is 6.92 Å². The maximum Gasteiger partial charge on any atom is 0.0554 e. The molecule has 0 spiro atoms. The van der Waals surface area contributed by atoms with Gasteiger partial charge in [0.05, 0.1) is 4.58 Å². The Morgan fingerprint density at radius 3 is 2.75 bits per heavy atom. The quantitative estimate of drug-likeness (QED) is 0.779. The number of nitrogens with one attached hydrogen (secondary N) is 1. The largest absolute Gasteiger partial charge is 0.314 e. The first-order chi connectivity index (χ1) is 7.92. The van der Waals surface area contributed by atoms with Crippen molar-refractivity contribution in [3.8, 4) is 11.8 Å². The van der Waals surface area contributed by atoms with Gasteiger partial charge in [0, 0.05) is 18.4 Å². The first-order valence-corrected chi connectivity index (χ1v) is 8.38. The molecule has 2 aliphatic heterocycles. The summed E-state index contributed by atoms with van der Waals surface area (Å²) in [6.07, 6.45) is 5.17. The first-order valence-electron chi connectivity index (χ1n) is 6.28. The minimum Gasteiger partial charge on any atom is -0.314 e. The summed E-state index contributed by atoms with van der Waals surface area (Å²) in [7, 11) is 0. The predicted molar refractivity (Wildman–Crippen MR) is 75.9 cm³/mol. The van der Waals surface area contributed by atoms with Crippen molar-refractivity contribution in [1.82, 2.24) is 5.32 Å². The standard InChI is InChI=1S/C13H21NS2/c1-2-3-6-11(12-7-4-8-14-12)13-15-9-5-10-16-13/h11-14H,4-10H2,1H3. The smallest absolute Gasteiger partial charge is 0.0554 e. The molecule has 2 atom stereocenters. The molecule has 16 heavy (non-hydrogen) atoms. The lowest BCUT2D eigenvalue weighted by Crippen LogP contribution is -2.36. The summed E-state index contributed by atoms with van der Waals surface area (Å²) in [4.78, 5) is 0. The highest BCUT2D eigenvalue weighted by molar-refractivity contribution is 8.17. The number of hydrogen-bond donors (Lipinski definition) is 1. The summed E-state index contributed by atoms with van der Waals surface area (Å²) in [5.41, 5.74) is 0. The highest BCUT2D eigenvalue weighted by atomic mass is 32.2. The fraction of sp³-hybridized carbons (Fsp3) is 0.846. The van der Waals surface area contributed by atoms with Crippen LogP contribution in [0.15, 0.2) is 0 Å². The van der Waals surface area contributed by atoms with Gasteiger partial charge in [0.15, 0.2) is 0 Å². The van der Waals surface area contributed by atoms with Crippen molar-refractivity contribution in [1.29, 1.82) is 0 Å². The van der Waals surface area contributed by atoms with Gasteiger partial charge in [0.1, 0.15) is 0 Å². The average Bonchev–Trinajstić information content (AvgIpc) is 2.85. The van der Waals surface area contributed by atoms with Gasteiger partial charge in [-0.05, 0) is 44.2 Å². The van der Waals surface area contributed by atoms with E-state index in [1.165, 1.54) is 37.3 Å². The van der Waals surface area contributed by atoms with Crippen LogP contribution in [0.1, 0.15) is 32.6 Å². The average molecular weight is 255 g/mol. The Kier molecular flexibility index (Phi) is 5.41. The Hall–Kier alpha value is 0.220. The summed E-state index contributed by atoms with van der Waals surface area (Å²) in [5.74, 6) is 9.82. The van der Waals surface area contributed by atoms with Crippen LogP contribution in [0.3, 0.4) is 0 Å². The molecule has 0 bridgehead atoms. The second kappa shape index (κ2) is 6.83. The third-order valence-electron chi connectivity index (χ3n) is 3.33. The van der Waals surface area contributed by atoms with Gasteiger partial charge in [-0.2, -0.15) is 0 Å². The fourth-order valence-corrected chi connectivity index (χ4v) is 5.78. The van der Waals surface area contributed by atoms with Crippen LogP contribution in [0.2, 0.25) is 0 Å². The molecule has 0 aliphatic carbocycles. The second-order valence-electron chi connectivity index (χ2n) is 4.46. The lowest BCUT2D eigenvalue weighted by molar-refractivity contribution is 0.422. The molecule has 2 heterocycles. The summed E-state index contributed by atoms with van der Waals surface area (Å²) in [5, 5.41) is 3.67. The molecular weight excluding hydrogens is 234 g/mol.